The lowest BCUT2D eigenvalue weighted by Crippen LogP contribution is -2.24. The number of ketones is 1. The van der Waals surface area contributed by atoms with Gasteiger partial charge < -0.3 is 0 Å². The molecule has 2 aromatic rings. The zero-order chi connectivity index (χ0) is 19.3. The number of aryl methyl sites for hydroxylation is 1. The van der Waals surface area contributed by atoms with Crippen LogP contribution in [0.1, 0.15) is 28.4 Å². The van der Waals surface area contributed by atoms with Crippen LogP contribution in [-0.4, -0.2) is 25.7 Å². The highest BCUT2D eigenvalue weighted by molar-refractivity contribution is 7.89. The minimum atomic E-state index is -3.92. The van der Waals surface area contributed by atoms with Gasteiger partial charge in [0.25, 0.3) is 5.69 Å². The monoisotopic (exact) mass is 372 g/mol. The van der Waals surface area contributed by atoms with Crippen LogP contribution in [0.2, 0.25) is 0 Å². The fourth-order valence-corrected chi connectivity index (χ4v) is 3.32. The quantitative estimate of drug-likeness (QED) is 0.375. The van der Waals surface area contributed by atoms with Gasteiger partial charge in [0, 0.05) is 23.3 Å². The number of nitrogens with one attached hydrogen (secondary N) is 1. The highest BCUT2D eigenvalue weighted by Crippen LogP contribution is 2.21. The van der Waals surface area contributed by atoms with Crippen LogP contribution in [0.15, 0.2) is 47.4 Å². The summed E-state index contributed by atoms with van der Waals surface area (Å²) in [5.41, 5.74) is 1.31. The number of benzene rings is 2. The average molecular weight is 372 g/mol. The molecule has 0 spiro atoms. The molecular weight excluding hydrogens is 356 g/mol. The molecule has 0 saturated heterocycles. The Morgan fingerprint density at radius 1 is 1.19 bits per heavy atom. The van der Waals surface area contributed by atoms with Gasteiger partial charge in [-0.1, -0.05) is 30.0 Å². The minimum absolute atomic E-state index is 0.0513. The van der Waals surface area contributed by atoms with Gasteiger partial charge in [-0.3, -0.25) is 14.9 Å². The van der Waals surface area contributed by atoms with E-state index in [9.17, 15) is 23.3 Å². The van der Waals surface area contributed by atoms with Crippen LogP contribution < -0.4 is 4.72 Å². The summed E-state index contributed by atoms with van der Waals surface area (Å²) in [7, 11) is -3.92. The van der Waals surface area contributed by atoms with Crippen molar-refractivity contribution in [2.75, 3.05) is 6.54 Å². The second-order valence-electron chi connectivity index (χ2n) is 5.47. The summed E-state index contributed by atoms with van der Waals surface area (Å²) in [5.74, 6) is 5.41. The third-order valence-corrected chi connectivity index (χ3v) is 5.09. The van der Waals surface area contributed by atoms with Crippen molar-refractivity contribution in [3.8, 4) is 11.8 Å². The highest BCUT2D eigenvalue weighted by atomic mass is 32.2. The van der Waals surface area contributed by atoms with Crippen molar-refractivity contribution < 1.29 is 18.1 Å². The molecule has 0 radical (unpaired) electrons. The molecule has 0 amide bonds. The molecule has 0 aromatic heterocycles. The molecule has 134 valence electrons. The number of hydrogen-bond donors (Lipinski definition) is 1. The van der Waals surface area contributed by atoms with E-state index < -0.39 is 14.9 Å². The molecular formula is C18H16N2O5S. The van der Waals surface area contributed by atoms with Crippen LogP contribution in [0.5, 0.6) is 0 Å². The van der Waals surface area contributed by atoms with Crippen molar-refractivity contribution in [3.63, 3.8) is 0 Å². The molecule has 8 heteroatoms. The van der Waals surface area contributed by atoms with Gasteiger partial charge in [0.15, 0.2) is 5.78 Å². The van der Waals surface area contributed by atoms with E-state index >= 15 is 0 Å². The maximum absolute atomic E-state index is 12.3. The van der Waals surface area contributed by atoms with Gasteiger partial charge in [-0.25, -0.2) is 8.42 Å². The Hall–Kier alpha value is -3.02. The van der Waals surface area contributed by atoms with E-state index in [0.29, 0.717) is 16.7 Å². The molecule has 0 fully saturated rings. The third kappa shape index (κ3) is 4.75. The largest absolute Gasteiger partial charge is 0.295 e. The Bertz CT molecular complexity index is 1020. The Labute approximate surface area is 151 Å². The van der Waals surface area contributed by atoms with Crippen molar-refractivity contribution in [2.45, 2.75) is 18.7 Å². The number of Topliss-reactive ketones (excluding diaryl/α,β-unsaturated/α-hetero) is 1. The van der Waals surface area contributed by atoms with Gasteiger partial charge in [0.2, 0.25) is 10.0 Å². The Morgan fingerprint density at radius 3 is 2.42 bits per heavy atom. The normalized spacial score (nSPS) is 10.7. The maximum Gasteiger partial charge on any atom is 0.270 e. The fraction of sp³-hybridized carbons (Fsp3) is 0.167. The molecule has 0 aliphatic rings. The lowest BCUT2D eigenvalue weighted by molar-refractivity contribution is -0.385. The fourth-order valence-electron chi connectivity index (χ4n) is 2.14. The van der Waals surface area contributed by atoms with Crippen molar-refractivity contribution in [1.29, 1.82) is 0 Å². The molecule has 0 bridgehead atoms. The topological polar surface area (TPSA) is 106 Å². The minimum Gasteiger partial charge on any atom is -0.295 e. The molecule has 2 rings (SSSR count). The van der Waals surface area contributed by atoms with Crippen LogP contribution in [0.3, 0.4) is 0 Å². The molecule has 0 saturated carbocycles. The highest BCUT2D eigenvalue weighted by Gasteiger charge is 2.19. The van der Waals surface area contributed by atoms with Gasteiger partial charge in [-0.15, -0.1) is 0 Å². The van der Waals surface area contributed by atoms with Crippen molar-refractivity contribution in [1.82, 2.24) is 4.72 Å². The second-order valence-corrected chi connectivity index (χ2v) is 7.20. The maximum atomic E-state index is 12.3. The first kappa shape index (κ1) is 19.3. The van der Waals surface area contributed by atoms with E-state index in [0.717, 1.165) is 6.07 Å². The number of nitro groups is 1. The summed E-state index contributed by atoms with van der Waals surface area (Å²) >= 11 is 0. The number of hydrogen-bond acceptors (Lipinski definition) is 5. The summed E-state index contributed by atoms with van der Waals surface area (Å²) < 4.78 is 26.9. The van der Waals surface area contributed by atoms with Gasteiger partial charge in [0.1, 0.15) is 0 Å². The molecule has 2 aromatic carbocycles. The predicted molar refractivity (Wildman–Crippen MR) is 96.3 cm³/mol. The van der Waals surface area contributed by atoms with E-state index in [-0.39, 0.29) is 22.9 Å². The van der Waals surface area contributed by atoms with E-state index in [1.165, 1.54) is 19.1 Å². The van der Waals surface area contributed by atoms with Gasteiger partial charge >= 0.3 is 0 Å². The van der Waals surface area contributed by atoms with Crippen molar-refractivity contribution >= 4 is 21.5 Å². The number of carbonyl (C=O) groups excluding carboxylic acids is 1. The smallest absolute Gasteiger partial charge is 0.270 e. The molecule has 0 atom stereocenters. The Balaban J connectivity index is 2.11. The Morgan fingerprint density at radius 2 is 1.85 bits per heavy atom. The molecule has 0 aliphatic heterocycles. The van der Waals surface area contributed by atoms with E-state index in [2.05, 4.69) is 16.6 Å². The number of nitro benzene ring substituents is 1. The second kappa shape index (κ2) is 7.91. The first-order valence-electron chi connectivity index (χ1n) is 7.55. The number of sulfonamides is 1. The van der Waals surface area contributed by atoms with Crippen LogP contribution in [-0.2, 0) is 10.0 Å². The molecule has 0 heterocycles. The zero-order valence-electron chi connectivity index (χ0n) is 14.1. The first-order valence-corrected chi connectivity index (χ1v) is 9.03. The molecule has 0 aliphatic carbocycles. The first-order chi connectivity index (χ1) is 12.2. The predicted octanol–water partition coefficient (Wildman–Crippen LogP) is 2.44. The van der Waals surface area contributed by atoms with Crippen LogP contribution in [0.4, 0.5) is 5.69 Å². The van der Waals surface area contributed by atoms with Crippen molar-refractivity contribution in [2.24, 2.45) is 0 Å². The number of carbonyl (C=O) groups is 1. The van der Waals surface area contributed by atoms with E-state index in [1.807, 2.05) is 0 Å². The van der Waals surface area contributed by atoms with Gasteiger partial charge in [-0.05, 0) is 31.5 Å². The number of non-ortho nitro benzene ring substituents is 1. The summed E-state index contributed by atoms with van der Waals surface area (Å²) in [6, 6.07) is 10.3. The molecule has 7 nitrogen and oxygen atoms in total. The standard InChI is InChI=1S/C18H16N2O5S/c1-13-5-10-17(20(22)23)12-18(13)26(24,25)19-11-3-4-15-6-8-16(9-7-15)14(2)21/h5-10,12,19H,11H2,1-2H3. The lowest BCUT2D eigenvalue weighted by atomic mass is 10.1. The van der Waals surface area contributed by atoms with E-state index in [1.54, 1.807) is 31.2 Å². The average Bonchev–Trinajstić information content (AvgIpc) is 2.59. The van der Waals surface area contributed by atoms with Crippen LogP contribution in [0, 0.1) is 28.9 Å². The van der Waals surface area contributed by atoms with Crippen LogP contribution >= 0.6 is 0 Å². The lowest BCUT2D eigenvalue weighted by Gasteiger charge is -2.07. The van der Waals surface area contributed by atoms with E-state index in [4.69, 9.17) is 0 Å². The molecule has 0 unspecified atom stereocenters. The Kier molecular flexibility index (Phi) is 5.87. The third-order valence-electron chi connectivity index (χ3n) is 3.55. The van der Waals surface area contributed by atoms with Crippen LogP contribution in [0.25, 0.3) is 0 Å². The van der Waals surface area contributed by atoms with Crippen molar-refractivity contribution in [3.05, 3.63) is 69.3 Å². The number of rotatable bonds is 5. The molecule has 26 heavy (non-hydrogen) atoms. The SMILES string of the molecule is CC(=O)c1ccc(C#CCNS(=O)(=O)c2cc([N+](=O)[O-])ccc2C)cc1. The summed E-state index contributed by atoms with van der Waals surface area (Å²) in [4.78, 5) is 21.2. The zero-order valence-corrected chi connectivity index (χ0v) is 15.0. The summed E-state index contributed by atoms with van der Waals surface area (Å²) in [6.45, 7) is 2.87. The number of nitrogens with zero attached hydrogens (tertiary/aromatic N) is 1. The van der Waals surface area contributed by atoms with Gasteiger partial charge in [0.05, 0.1) is 16.4 Å². The summed E-state index contributed by atoms with van der Waals surface area (Å²) in [5, 5.41) is 10.8. The molecule has 1 N–H and O–H groups in total. The summed E-state index contributed by atoms with van der Waals surface area (Å²) in [6.07, 6.45) is 0. The van der Waals surface area contributed by atoms with Gasteiger partial charge in [-0.2, -0.15) is 4.72 Å².